The molecular weight excluding hydrogens is 244 g/mol. The third-order valence-electron chi connectivity index (χ3n) is 3.01. The van der Waals surface area contributed by atoms with Gasteiger partial charge in [-0.3, -0.25) is 0 Å². The highest BCUT2D eigenvalue weighted by molar-refractivity contribution is 7.98. The number of nitriles is 1. The fourth-order valence-electron chi connectivity index (χ4n) is 2.10. The molecule has 0 unspecified atom stereocenters. The van der Waals surface area contributed by atoms with Crippen molar-refractivity contribution >= 4 is 23.7 Å². The predicted octanol–water partition coefficient (Wildman–Crippen LogP) is 3.09. The van der Waals surface area contributed by atoms with Crippen LogP contribution in [0.15, 0.2) is 17.4 Å². The van der Waals surface area contributed by atoms with Crippen molar-refractivity contribution in [3.8, 4) is 6.07 Å². The van der Waals surface area contributed by atoms with Crippen molar-refractivity contribution in [2.45, 2.75) is 36.9 Å². The van der Waals surface area contributed by atoms with Gasteiger partial charge in [0.05, 0.1) is 6.07 Å². The first kappa shape index (κ1) is 12.9. The van der Waals surface area contributed by atoms with Gasteiger partial charge in [0.25, 0.3) is 0 Å². The Bertz CT molecular complexity index is 472. The van der Waals surface area contributed by atoms with Crippen molar-refractivity contribution < 1.29 is 0 Å². The maximum absolute atomic E-state index is 8.60. The molecule has 0 aromatic carbocycles. The number of hydrogen-bond donors (Lipinski definition) is 1. The quantitative estimate of drug-likeness (QED) is 0.512. The summed E-state index contributed by atoms with van der Waals surface area (Å²) in [5, 5.41) is 12.8. The molecule has 1 aliphatic rings. The average molecular weight is 260 g/mol. The summed E-state index contributed by atoms with van der Waals surface area (Å²) in [4.78, 5) is 8.72. The summed E-state index contributed by atoms with van der Waals surface area (Å²) in [5.41, 5.74) is 0.876. The van der Waals surface area contributed by atoms with Crippen LogP contribution in [0, 0.1) is 11.3 Å². The molecule has 2 rings (SSSR count). The Labute approximate surface area is 112 Å². The van der Waals surface area contributed by atoms with E-state index in [-0.39, 0.29) is 0 Å². The maximum Gasteiger partial charge on any atom is 0.189 e. The number of nitrogens with zero attached hydrogens (tertiary/aromatic N) is 3. The van der Waals surface area contributed by atoms with E-state index in [1.54, 1.807) is 12.3 Å². The minimum Gasteiger partial charge on any atom is -0.367 e. The predicted molar refractivity (Wildman–Crippen MR) is 74.3 cm³/mol. The topological polar surface area (TPSA) is 61.6 Å². The molecule has 0 radical (unpaired) electrons. The van der Waals surface area contributed by atoms with E-state index in [1.165, 1.54) is 43.5 Å². The van der Waals surface area contributed by atoms with E-state index < -0.39 is 0 Å². The first-order valence-corrected chi connectivity index (χ1v) is 7.29. The van der Waals surface area contributed by atoms with Crippen molar-refractivity contribution in [1.29, 1.82) is 5.26 Å². The van der Waals surface area contributed by atoms with Crippen molar-refractivity contribution in [2.75, 3.05) is 11.6 Å². The summed E-state index contributed by atoms with van der Waals surface area (Å²) in [7, 11) is 0. The van der Waals surface area contributed by atoms with Crippen LogP contribution in [0.2, 0.25) is 0 Å². The normalized spacial score (nSPS) is 16.0. The van der Waals surface area contributed by atoms with E-state index in [2.05, 4.69) is 15.3 Å². The number of nitrogens with one attached hydrogen (secondary N) is 1. The second kappa shape index (κ2) is 6.41. The number of rotatable bonds is 4. The minimum atomic E-state index is 0.504. The van der Waals surface area contributed by atoms with Crippen LogP contribution in [0.25, 0.3) is 6.08 Å². The molecule has 0 amide bonds. The van der Waals surface area contributed by atoms with Gasteiger partial charge in [-0.1, -0.05) is 24.6 Å². The molecule has 0 saturated heterocycles. The molecule has 0 aliphatic heterocycles. The Balaban J connectivity index is 2.22. The molecule has 1 aliphatic carbocycles. The SMILES string of the molecule is CSc1ncc(C=CC#N)c(NC2CCCC2)n1. The Kier molecular flexibility index (Phi) is 4.59. The average Bonchev–Trinajstić information content (AvgIpc) is 2.90. The fraction of sp³-hybridized carbons (Fsp3) is 0.462. The molecule has 18 heavy (non-hydrogen) atoms. The lowest BCUT2D eigenvalue weighted by Gasteiger charge is -2.14. The summed E-state index contributed by atoms with van der Waals surface area (Å²) < 4.78 is 0. The smallest absolute Gasteiger partial charge is 0.189 e. The van der Waals surface area contributed by atoms with Crippen LogP contribution in [0.3, 0.4) is 0 Å². The second-order valence-corrected chi connectivity index (χ2v) is 5.02. The molecule has 1 aromatic heterocycles. The first-order chi connectivity index (χ1) is 8.83. The van der Waals surface area contributed by atoms with E-state index in [4.69, 9.17) is 5.26 Å². The van der Waals surface area contributed by atoms with Gasteiger partial charge in [-0.15, -0.1) is 0 Å². The standard InChI is InChI=1S/C13H16N4S/c1-18-13-15-9-10(5-4-8-14)12(17-13)16-11-6-2-3-7-11/h4-5,9,11H,2-3,6-7H2,1H3,(H,15,16,17). The largest absolute Gasteiger partial charge is 0.367 e. The Morgan fingerprint density at radius 2 is 2.28 bits per heavy atom. The molecule has 1 aromatic rings. The van der Waals surface area contributed by atoms with Crippen LogP contribution >= 0.6 is 11.8 Å². The second-order valence-electron chi connectivity index (χ2n) is 4.25. The highest BCUT2D eigenvalue weighted by atomic mass is 32.2. The van der Waals surface area contributed by atoms with Gasteiger partial charge in [0.15, 0.2) is 5.16 Å². The highest BCUT2D eigenvalue weighted by Crippen LogP contribution is 2.24. The van der Waals surface area contributed by atoms with Crippen LogP contribution < -0.4 is 5.32 Å². The Morgan fingerprint density at radius 1 is 1.50 bits per heavy atom. The Hall–Kier alpha value is -1.54. The van der Waals surface area contributed by atoms with Gasteiger partial charge in [-0.05, 0) is 25.2 Å². The minimum absolute atomic E-state index is 0.504. The molecular formula is C13H16N4S. The number of thioether (sulfide) groups is 1. The summed E-state index contributed by atoms with van der Waals surface area (Å²) >= 11 is 1.52. The van der Waals surface area contributed by atoms with Crippen molar-refractivity contribution in [3.05, 3.63) is 17.8 Å². The number of hydrogen-bond acceptors (Lipinski definition) is 5. The molecule has 1 fully saturated rings. The fourth-order valence-corrected chi connectivity index (χ4v) is 2.44. The summed E-state index contributed by atoms with van der Waals surface area (Å²) in [6.07, 6.45) is 11.9. The lowest BCUT2D eigenvalue weighted by Crippen LogP contribution is -2.16. The lowest BCUT2D eigenvalue weighted by molar-refractivity contribution is 0.745. The summed E-state index contributed by atoms with van der Waals surface area (Å²) in [6.45, 7) is 0. The van der Waals surface area contributed by atoms with Gasteiger partial charge in [-0.25, -0.2) is 9.97 Å². The molecule has 1 N–H and O–H groups in total. The van der Waals surface area contributed by atoms with Crippen molar-refractivity contribution in [3.63, 3.8) is 0 Å². The van der Waals surface area contributed by atoms with Crippen LogP contribution in [0.1, 0.15) is 31.2 Å². The molecule has 0 atom stereocenters. The van der Waals surface area contributed by atoms with E-state index >= 15 is 0 Å². The molecule has 1 heterocycles. The highest BCUT2D eigenvalue weighted by Gasteiger charge is 2.16. The monoisotopic (exact) mass is 260 g/mol. The van der Waals surface area contributed by atoms with Gasteiger partial charge < -0.3 is 5.32 Å². The molecule has 4 nitrogen and oxygen atoms in total. The van der Waals surface area contributed by atoms with Crippen molar-refractivity contribution in [2.24, 2.45) is 0 Å². The van der Waals surface area contributed by atoms with Gasteiger partial charge in [0.1, 0.15) is 5.82 Å². The summed E-state index contributed by atoms with van der Waals surface area (Å²) in [6, 6.07) is 2.50. The van der Waals surface area contributed by atoms with E-state index in [0.717, 1.165) is 16.5 Å². The zero-order chi connectivity index (χ0) is 12.8. The molecule has 5 heteroatoms. The van der Waals surface area contributed by atoms with E-state index in [0.29, 0.717) is 6.04 Å². The number of anilines is 1. The Morgan fingerprint density at radius 3 is 2.94 bits per heavy atom. The third kappa shape index (κ3) is 3.23. The van der Waals surface area contributed by atoms with Gasteiger partial charge in [0, 0.05) is 23.9 Å². The van der Waals surface area contributed by atoms with Gasteiger partial charge in [0.2, 0.25) is 0 Å². The summed E-state index contributed by atoms with van der Waals surface area (Å²) in [5.74, 6) is 0.841. The van der Waals surface area contributed by atoms with Crippen LogP contribution in [-0.4, -0.2) is 22.3 Å². The van der Waals surface area contributed by atoms with Crippen LogP contribution in [-0.2, 0) is 0 Å². The number of allylic oxidation sites excluding steroid dienone is 1. The van der Waals surface area contributed by atoms with Gasteiger partial charge >= 0.3 is 0 Å². The van der Waals surface area contributed by atoms with Crippen LogP contribution in [0.4, 0.5) is 5.82 Å². The van der Waals surface area contributed by atoms with E-state index in [1.807, 2.05) is 12.3 Å². The zero-order valence-corrected chi connectivity index (χ0v) is 11.2. The lowest BCUT2D eigenvalue weighted by atomic mass is 10.2. The first-order valence-electron chi connectivity index (χ1n) is 6.07. The number of aromatic nitrogens is 2. The molecule has 0 spiro atoms. The maximum atomic E-state index is 8.60. The molecule has 1 saturated carbocycles. The van der Waals surface area contributed by atoms with Gasteiger partial charge in [-0.2, -0.15) is 5.26 Å². The van der Waals surface area contributed by atoms with E-state index in [9.17, 15) is 0 Å². The zero-order valence-electron chi connectivity index (χ0n) is 10.4. The van der Waals surface area contributed by atoms with Crippen molar-refractivity contribution in [1.82, 2.24) is 9.97 Å². The molecule has 0 bridgehead atoms. The third-order valence-corrected chi connectivity index (χ3v) is 3.57. The molecule has 94 valence electrons. The van der Waals surface area contributed by atoms with Crippen LogP contribution in [0.5, 0.6) is 0 Å².